The predicted molar refractivity (Wildman–Crippen MR) is 222 cm³/mol. The third-order valence-corrected chi connectivity index (χ3v) is 12.5. The van der Waals surface area contributed by atoms with Crippen molar-refractivity contribution in [3.8, 4) is 17.2 Å². The number of likely N-dealkylation sites (tertiary alicyclic amines) is 1. The Morgan fingerprint density at radius 2 is 1.75 bits per heavy atom. The maximum absolute atomic E-state index is 15.6. The number of anilines is 1. The first-order valence-corrected chi connectivity index (χ1v) is 21.0. The summed E-state index contributed by atoms with van der Waals surface area (Å²) in [7, 11) is 8.79. The molecule has 7 rings (SSSR count). The Morgan fingerprint density at radius 1 is 1.02 bits per heavy atom. The molecule has 326 valence electrons. The summed E-state index contributed by atoms with van der Waals surface area (Å²) >= 11 is 1.21. The number of hydrogen-bond acceptors (Lipinski definition) is 13. The first-order valence-electron chi connectivity index (χ1n) is 20.2. The highest BCUT2D eigenvalue weighted by atomic mass is 32.1. The summed E-state index contributed by atoms with van der Waals surface area (Å²) in [6.07, 6.45) is 2.58. The Morgan fingerprint density at radius 3 is 2.43 bits per heavy atom. The fraction of sp³-hybridized carbons (Fsp3) is 0.465. The second kappa shape index (κ2) is 17.9. The molecule has 4 aliphatic rings. The zero-order valence-electron chi connectivity index (χ0n) is 34.7. The molecule has 5 heterocycles. The zero-order chi connectivity index (χ0) is 43.7. The van der Waals surface area contributed by atoms with Crippen LogP contribution in [0, 0.1) is 5.92 Å². The molecule has 15 nitrogen and oxygen atoms in total. The number of methoxy groups -OCH3 is 2. The standard InChI is InChI=1S/C43H50F2N6O9S/c1-48(2)21-28-32(58-4)18-24(19-33(28)59-5)27-22-49(3)40(55)26-20-35(61-37(26)27)47-38(53)29-14-16-50(23-43(29,44)45)15-7-6-8-17-60-31-11-9-10-25-36(31)42(57)51(41(25)56)30-12-13-34(52)46-39(30)54/h9-11,18-20,22,29-30,40,55H,6-8,12-17,21,23H2,1-5H3,(H,47,53)(H,46,52,54). The monoisotopic (exact) mass is 864 g/mol. The summed E-state index contributed by atoms with van der Waals surface area (Å²) in [5.74, 6) is -6.57. The van der Waals surface area contributed by atoms with E-state index in [9.17, 15) is 29.1 Å². The molecule has 5 amide bonds. The van der Waals surface area contributed by atoms with Crippen molar-refractivity contribution >= 4 is 51.4 Å². The molecule has 3 aromatic rings. The highest BCUT2D eigenvalue weighted by molar-refractivity contribution is 7.17. The van der Waals surface area contributed by atoms with Crippen LogP contribution in [0.3, 0.4) is 0 Å². The molecule has 18 heteroatoms. The van der Waals surface area contributed by atoms with E-state index in [1.165, 1.54) is 17.4 Å². The molecular formula is C43H50F2N6O9S. The van der Waals surface area contributed by atoms with Crippen molar-refractivity contribution in [2.45, 2.75) is 63.3 Å². The number of carbonyl (C=O) groups excluding carboxylic acids is 5. The van der Waals surface area contributed by atoms with Gasteiger partial charge in [0.05, 0.1) is 49.1 Å². The third kappa shape index (κ3) is 8.85. The van der Waals surface area contributed by atoms with Crippen LogP contribution in [-0.2, 0) is 20.9 Å². The normalized spacial score (nSPS) is 21.3. The lowest BCUT2D eigenvalue weighted by Crippen LogP contribution is -2.54. The topological polar surface area (TPSA) is 170 Å². The second-order valence-corrected chi connectivity index (χ2v) is 17.0. The van der Waals surface area contributed by atoms with Crippen LogP contribution in [0.25, 0.3) is 5.57 Å². The number of piperidine rings is 2. The van der Waals surface area contributed by atoms with E-state index < -0.39 is 60.2 Å². The molecule has 0 spiro atoms. The van der Waals surface area contributed by atoms with Gasteiger partial charge in [0.1, 0.15) is 29.2 Å². The van der Waals surface area contributed by atoms with Crippen molar-refractivity contribution < 1.29 is 52.1 Å². The molecule has 0 radical (unpaired) electrons. The molecule has 3 atom stereocenters. The molecule has 3 unspecified atom stereocenters. The summed E-state index contributed by atoms with van der Waals surface area (Å²) in [6.45, 7) is 0.918. The van der Waals surface area contributed by atoms with Gasteiger partial charge in [-0.15, -0.1) is 11.3 Å². The lowest BCUT2D eigenvalue weighted by atomic mass is 9.91. The fourth-order valence-electron chi connectivity index (χ4n) is 8.37. The Bertz CT molecular complexity index is 2240. The number of nitrogens with zero attached hydrogens (tertiary/aromatic N) is 4. The molecule has 2 saturated heterocycles. The zero-order valence-corrected chi connectivity index (χ0v) is 35.5. The summed E-state index contributed by atoms with van der Waals surface area (Å²) < 4.78 is 48.6. The number of amides is 5. The first kappa shape index (κ1) is 43.7. The van der Waals surface area contributed by atoms with Gasteiger partial charge in [0.2, 0.25) is 17.7 Å². The minimum absolute atomic E-state index is 0.0154. The number of ether oxygens (including phenoxy) is 3. The number of rotatable bonds is 15. The minimum Gasteiger partial charge on any atom is -0.496 e. The molecule has 0 bridgehead atoms. The van der Waals surface area contributed by atoms with Gasteiger partial charge in [-0.1, -0.05) is 6.07 Å². The van der Waals surface area contributed by atoms with E-state index in [4.69, 9.17) is 14.2 Å². The smallest absolute Gasteiger partial charge is 0.272 e. The number of benzene rings is 2. The van der Waals surface area contributed by atoms with Gasteiger partial charge in [-0.05, 0) is 95.2 Å². The summed E-state index contributed by atoms with van der Waals surface area (Å²) in [5.41, 5.74) is 3.11. The lowest BCUT2D eigenvalue weighted by Gasteiger charge is -2.37. The molecule has 4 aliphatic heterocycles. The van der Waals surface area contributed by atoms with Gasteiger partial charge in [-0.2, -0.15) is 0 Å². The van der Waals surface area contributed by atoms with Gasteiger partial charge in [-0.3, -0.25) is 39.1 Å². The average Bonchev–Trinajstić information content (AvgIpc) is 3.75. The first-order chi connectivity index (χ1) is 29.1. The molecule has 0 aliphatic carbocycles. The van der Waals surface area contributed by atoms with Gasteiger partial charge in [0.25, 0.3) is 17.7 Å². The highest BCUT2D eigenvalue weighted by Crippen LogP contribution is 2.46. The van der Waals surface area contributed by atoms with E-state index in [-0.39, 0.29) is 42.7 Å². The van der Waals surface area contributed by atoms with E-state index >= 15 is 8.78 Å². The van der Waals surface area contributed by atoms with Crippen LogP contribution < -0.4 is 24.8 Å². The number of thiophene rings is 1. The molecule has 2 aromatic carbocycles. The minimum atomic E-state index is -3.28. The van der Waals surface area contributed by atoms with Crippen LogP contribution in [-0.4, -0.2) is 128 Å². The van der Waals surface area contributed by atoms with Crippen molar-refractivity contribution in [2.75, 3.05) is 66.9 Å². The van der Waals surface area contributed by atoms with E-state index in [1.54, 1.807) is 55.5 Å². The second-order valence-electron chi connectivity index (χ2n) is 16.0. The maximum Gasteiger partial charge on any atom is 0.272 e. The van der Waals surface area contributed by atoms with Crippen LogP contribution in [0.2, 0.25) is 0 Å². The molecule has 61 heavy (non-hydrogen) atoms. The van der Waals surface area contributed by atoms with E-state index in [0.717, 1.165) is 21.6 Å². The fourth-order valence-corrected chi connectivity index (χ4v) is 9.49. The number of halogens is 2. The van der Waals surface area contributed by atoms with Gasteiger partial charge >= 0.3 is 0 Å². The summed E-state index contributed by atoms with van der Waals surface area (Å²) in [6, 6.07) is 9.00. The Hall–Kier alpha value is -5.43. The molecule has 0 saturated carbocycles. The van der Waals surface area contributed by atoms with Crippen LogP contribution in [0.5, 0.6) is 17.2 Å². The quantitative estimate of drug-likeness (QED) is 0.143. The van der Waals surface area contributed by atoms with E-state index in [0.29, 0.717) is 65.8 Å². The van der Waals surface area contributed by atoms with E-state index in [1.807, 2.05) is 31.1 Å². The SMILES string of the molecule is COc1cc(C2=CN(C)C(O)c3cc(NC(=O)C4CCN(CCCCCOc5cccc6c5C(=O)N(C5CCC(=O)NC5=O)C6=O)CC4(F)F)sc32)cc(OC)c1CN(C)C. The Labute approximate surface area is 356 Å². The van der Waals surface area contributed by atoms with Crippen molar-refractivity contribution in [2.24, 2.45) is 5.92 Å². The number of carbonyl (C=O) groups is 5. The van der Waals surface area contributed by atoms with Crippen LogP contribution >= 0.6 is 11.3 Å². The highest BCUT2D eigenvalue weighted by Gasteiger charge is 2.49. The molecule has 2 fully saturated rings. The number of unbranched alkanes of at least 4 members (excludes halogenated alkanes) is 2. The van der Waals surface area contributed by atoms with Crippen LogP contribution in [0.4, 0.5) is 13.8 Å². The van der Waals surface area contributed by atoms with Gasteiger partial charge in [0, 0.05) is 42.2 Å². The van der Waals surface area contributed by atoms with E-state index in [2.05, 4.69) is 10.6 Å². The van der Waals surface area contributed by atoms with Gasteiger partial charge in [0.15, 0.2) is 6.23 Å². The number of imide groups is 2. The van der Waals surface area contributed by atoms with Crippen molar-refractivity contribution in [1.29, 1.82) is 0 Å². The van der Waals surface area contributed by atoms with Gasteiger partial charge in [-0.25, -0.2) is 8.78 Å². The molecule has 3 N–H and O–H groups in total. The number of hydrogen-bond donors (Lipinski definition) is 3. The average molecular weight is 865 g/mol. The maximum atomic E-state index is 15.6. The Balaban J connectivity index is 0.913. The summed E-state index contributed by atoms with van der Waals surface area (Å²) in [5, 5.41) is 16.3. The predicted octanol–water partition coefficient (Wildman–Crippen LogP) is 4.70. The number of aliphatic hydroxyl groups excluding tert-OH is 1. The number of fused-ring (bicyclic) bond motifs is 2. The Kier molecular flexibility index (Phi) is 12.8. The van der Waals surface area contributed by atoms with Crippen molar-refractivity contribution in [3.05, 3.63) is 75.3 Å². The van der Waals surface area contributed by atoms with Crippen molar-refractivity contribution in [1.82, 2.24) is 24.9 Å². The van der Waals surface area contributed by atoms with Gasteiger partial charge < -0.3 is 34.4 Å². The molecule has 1 aromatic heterocycles. The van der Waals surface area contributed by atoms with Crippen molar-refractivity contribution in [3.63, 3.8) is 0 Å². The largest absolute Gasteiger partial charge is 0.496 e. The lowest BCUT2D eigenvalue weighted by molar-refractivity contribution is -0.146. The number of alkyl halides is 2. The summed E-state index contributed by atoms with van der Waals surface area (Å²) in [4.78, 5) is 70.8. The van der Waals surface area contributed by atoms with Crippen LogP contribution in [0.1, 0.15) is 87.0 Å². The number of aliphatic hydroxyl groups is 1. The van der Waals surface area contributed by atoms with Crippen LogP contribution in [0.15, 0.2) is 42.6 Å². The number of nitrogens with one attached hydrogen (secondary N) is 2. The third-order valence-electron chi connectivity index (χ3n) is 11.4. The molecular weight excluding hydrogens is 815 g/mol.